The Morgan fingerprint density at radius 3 is 2.00 bits per heavy atom. The average molecular weight is 274 g/mol. The fourth-order valence-corrected chi connectivity index (χ4v) is 1.36. The van der Waals surface area contributed by atoms with Gasteiger partial charge in [0.1, 0.15) is 0 Å². The SMILES string of the molecule is CC(C)(C)[C@H](N)C(=O)Nc1ccc(C(F)(F)F)cc1. The molecular weight excluding hydrogens is 257 g/mol. The molecule has 1 atom stereocenters. The quantitative estimate of drug-likeness (QED) is 0.871. The minimum Gasteiger partial charge on any atom is -0.325 e. The lowest BCUT2D eigenvalue weighted by atomic mass is 9.87. The van der Waals surface area contributed by atoms with Gasteiger partial charge in [-0.2, -0.15) is 13.2 Å². The number of halogens is 3. The number of rotatable bonds is 2. The van der Waals surface area contributed by atoms with Crippen LogP contribution in [0.4, 0.5) is 18.9 Å². The maximum absolute atomic E-state index is 12.4. The van der Waals surface area contributed by atoms with Crippen molar-refractivity contribution in [2.75, 3.05) is 5.32 Å². The summed E-state index contributed by atoms with van der Waals surface area (Å²) in [6.45, 7) is 5.43. The fourth-order valence-electron chi connectivity index (χ4n) is 1.36. The summed E-state index contributed by atoms with van der Waals surface area (Å²) in [6.07, 6.45) is -4.38. The van der Waals surface area contributed by atoms with Crippen molar-refractivity contribution in [2.45, 2.75) is 33.0 Å². The van der Waals surface area contributed by atoms with Gasteiger partial charge in [0.25, 0.3) is 0 Å². The van der Waals surface area contributed by atoms with Crippen molar-refractivity contribution in [1.82, 2.24) is 0 Å². The largest absolute Gasteiger partial charge is 0.416 e. The highest BCUT2D eigenvalue weighted by Crippen LogP contribution is 2.30. The first-order valence-electron chi connectivity index (χ1n) is 5.75. The van der Waals surface area contributed by atoms with E-state index in [1.807, 2.05) is 20.8 Å². The molecule has 0 aliphatic carbocycles. The van der Waals surface area contributed by atoms with Crippen molar-refractivity contribution in [3.63, 3.8) is 0 Å². The Labute approximate surface area is 110 Å². The van der Waals surface area contributed by atoms with Crippen LogP contribution in [0.25, 0.3) is 0 Å². The van der Waals surface area contributed by atoms with E-state index in [4.69, 9.17) is 5.73 Å². The van der Waals surface area contributed by atoms with Crippen molar-refractivity contribution in [3.05, 3.63) is 29.8 Å². The van der Waals surface area contributed by atoms with Crippen molar-refractivity contribution < 1.29 is 18.0 Å². The van der Waals surface area contributed by atoms with Gasteiger partial charge in [0.2, 0.25) is 5.91 Å². The lowest BCUT2D eigenvalue weighted by Gasteiger charge is -2.25. The highest BCUT2D eigenvalue weighted by Gasteiger charge is 2.30. The van der Waals surface area contributed by atoms with Crippen LogP contribution in [0.5, 0.6) is 0 Å². The number of nitrogens with one attached hydrogen (secondary N) is 1. The van der Waals surface area contributed by atoms with E-state index in [-0.39, 0.29) is 5.69 Å². The average Bonchev–Trinajstić information content (AvgIpc) is 2.26. The molecule has 0 aliphatic heterocycles. The number of carbonyl (C=O) groups is 1. The zero-order valence-electron chi connectivity index (χ0n) is 11.0. The first-order chi connectivity index (χ1) is 8.51. The number of hydrogen-bond acceptors (Lipinski definition) is 2. The summed E-state index contributed by atoms with van der Waals surface area (Å²) in [4.78, 5) is 11.8. The molecule has 0 aromatic heterocycles. The molecule has 0 unspecified atom stereocenters. The molecule has 0 fully saturated rings. The Bertz CT molecular complexity index is 446. The van der Waals surface area contributed by atoms with Gasteiger partial charge in [0, 0.05) is 5.69 Å². The first-order valence-corrected chi connectivity index (χ1v) is 5.75. The van der Waals surface area contributed by atoms with E-state index in [1.165, 1.54) is 12.1 Å². The predicted octanol–water partition coefficient (Wildman–Crippen LogP) is 3.02. The van der Waals surface area contributed by atoms with Gasteiger partial charge in [0.05, 0.1) is 11.6 Å². The molecule has 1 aromatic carbocycles. The van der Waals surface area contributed by atoms with Crippen LogP contribution in [0.2, 0.25) is 0 Å². The van der Waals surface area contributed by atoms with Gasteiger partial charge >= 0.3 is 6.18 Å². The van der Waals surface area contributed by atoms with Gasteiger partial charge in [0.15, 0.2) is 0 Å². The molecule has 3 N–H and O–H groups in total. The van der Waals surface area contributed by atoms with Crippen LogP contribution in [0.15, 0.2) is 24.3 Å². The van der Waals surface area contributed by atoms with Crippen LogP contribution in [0.3, 0.4) is 0 Å². The van der Waals surface area contributed by atoms with Gasteiger partial charge in [-0.25, -0.2) is 0 Å². The molecule has 19 heavy (non-hydrogen) atoms. The molecule has 106 valence electrons. The summed E-state index contributed by atoms with van der Waals surface area (Å²) < 4.78 is 37.1. The van der Waals surface area contributed by atoms with Gasteiger partial charge < -0.3 is 11.1 Å². The van der Waals surface area contributed by atoms with E-state index >= 15 is 0 Å². The number of alkyl halides is 3. The molecule has 0 spiro atoms. The molecule has 0 aliphatic rings. The summed E-state index contributed by atoms with van der Waals surface area (Å²) >= 11 is 0. The van der Waals surface area contributed by atoms with Crippen molar-refractivity contribution >= 4 is 11.6 Å². The number of nitrogens with two attached hydrogens (primary N) is 1. The van der Waals surface area contributed by atoms with Gasteiger partial charge in [-0.3, -0.25) is 4.79 Å². The van der Waals surface area contributed by atoms with E-state index in [0.717, 1.165) is 12.1 Å². The number of benzene rings is 1. The van der Waals surface area contributed by atoms with E-state index in [2.05, 4.69) is 5.32 Å². The van der Waals surface area contributed by atoms with Crippen molar-refractivity contribution in [2.24, 2.45) is 11.1 Å². The maximum Gasteiger partial charge on any atom is 0.416 e. The van der Waals surface area contributed by atoms with Gasteiger partial charge in [-0.15, -0.1) is 0 Å². The van der Waals surface area contributed by atoms with Gasteiger partial charge in [-0.1, -0.05) is 20.8 Å². The molecular formula is C13H17F3N2O. The van der Waals surface area contributed by atoms with Crippen molar-refractivity contribution in [1.29, 1.82) is 0 Å². The zero-order chi connectivity index (χ0) is 14.8. The summed E-state index contributed by atoms with van der Waals surface area (Å²) in [5.41, 5.74) is 4.86. The number of carbonyl (C=O) groups excluding carboxylic acids is 1. The number of amides is 1. The summed E-state index contributed by atoms with van der Waals surface area (Å²) in [5.74, 6) is -0.424. The van der Waals surface area contributed by atoms with Crippen LogP contribution < -0.4 is 11.1 Å². The molecule has 1 amide bonds. The molecule has 0 radical (unpaired) electrons. The molecule has 1 rings (SSSR count). The molecule has 0 saturated carbocycles. The first kappa shape index (κ1) is 15.5. The lowest BCUT2D eigenvalue weighted by Crippen LogP contribution is -2.45. The minimum atomic E-state index is -4.38. The monoisotopic (exact) mass is 274 g/mol. The molecule has 0 bridgehead atoms. The zero-order valence-corrected chi connectivity index (χ0v) is 11.0. The summed E-state index contributed by atoms with van der Waals surface area (Å²) in [5, 5.41) is 2.50. The smallest absolute Gasteiger partial charge is 0.325 e. The molecule has 0 heterocycles. The second-order valence-corrected chi connectivity index (χ2v) is 5.41. The predicted molar refractivity (Wildman–Crippen MR) is 67.5 cm³/mol. The van der Waals surface area contributed by atoms with Crippen LogP contribution in [-0.2, 0) is 11.0 Å². The van der Waals surface area contributed by atoms with Crippen molar-refractivity contribution in [3.8, 4) is 0 Å². The van der Waals surface area contributed by atoms with E-state index in [0.29, 0.717) is 0 Å². The molecule has 6 heteroatoms. The standard InChI is InChI=1S/C13H17F3N2O/c1-12(2,3)10(17)11(19)18-9-6-4-8(5-7-9)13(14,15)16/h4-7,10H,17H2,1-3H3,(H,18,19)/t10-/m1/s1. The third-order valence-corrected chi connectivity index (χ3v) is 2.70. The Kier molecular flexibility index (Phi) is 4.25. The highest BCUT2D eigenvalue weighted by molar-refractivity contribution is 5.95. The Morgan fingerprint density at radius 1 is 1.16 bits per heavy atom. The van der Waals surface area contributed by atoms with Gasteiger partial charge in [-0.05, 0) is 29.7 Å². The maximum atomic E-state index is 12.4. The van der Waals surface area contributed by atoms with E-state index in [9.17, 15) is 18.0 Å². The Morgan fingerprint density at radius 2 is 1.63 bits per heavy atom. The normalized spacial score (nSPS) is 14.1. The Balaban J connectivity index is 2.77. The number of hydrogen-bond donors (Lipinski definition) is 2. The van der Waals surface area contributed by atoms with Crippen LogP contribution >= 0.6 is 0 Å². The van der Waals surface area contributed by atoms with Crippen LogP contribution in [-0.4, -0.2) is 11.9 Å². The van der Waals surface area contributed by atoms with Crippen LogP contribution in [0, 0.1) is 5.41 Å². The molecule has 1 aromatic rings. The molecule has 3 nitrogen and oxygen atoms in total. The van der Waals surface area contributed by atoms with E-state index < -0.39 is 29.1 Å². The Hall–Kier alpha value is -1.56. The minimum absolute atomic E-state index is 0.290. The highest BCUT2D eigenvalue weighted by atomic mass is 19.4. The topological polar surface area (TPSA) is 55.1 Å². The second kappa shape index (κ2) is 5.21. The molecule has 0 saturated heterocycles. The van der Waals surface area contributed by atoms with E-state index in [1.54, 1.807) is 0 Å². The summed E-state index contributed by atoms with van der Waals surface area (Å²) in [7, 11) is 0. The third kappa shape index (κ3) is 4.24. The second-order valence-electron chi connectivity index (χ2n) is 5.41. The van der Waals surface area contributed by atoms with Crippen LogP contribution in [0.1, 0.15) is 26.3 Å². The third-order valence-electron chi connectivity index (χ3n) is 2.70. The fraction of sp³-hybridized carbons (Fsp3) is 0.462. The number of anilines is 1. The lowest BCUT2D eigenvalue weighted by molar-refractivity contribution is -0.137. The summed E-state index contributed by atoms with van der Waals surface area (Å²) in [6, 6.07) is 3.50.